The summed E-state index contributed by atoms with van der Waals surface area (Å²) in [5.74, 6) is 0. The van der Waals surface area contributed by atoms with Crippen LogP contribution in [-0.2, 0) is 27.2 Å². The number of unbranched alkanes of at least 4 members (excludes halogenated alkanes) is 1. The van der Waals surface area contributed by atoms with Crippen molar-refractivity contribution in [2.75, 3.05) is 53.4 Å². The van der Waals surface area contributed by atoms with Crippen molar-refractivity contribution in [1.29, 1.82) is 0 Å². The van der Waals surface area contributed by atoms with Gasteiger partial charge < -0.3 is 32.3 Å². The zero-order valence-electron chi connectivity index (χ0n) is 21.5. The highest BCUT2D eigenvalue weighted by Crippen LogP contribution is 2.26. The molecule has 10 heteroatoms. The van der Waals surface area contributed by atoms with Crippen molar-refractivity contribution in [2.24, 2.45) is 0 Å². The molecule has 0 radical (unpaired) electrons. The maximum Gasteiger partial charge on any atom is 0.311 e. The van der Waals surface area contributed by atoms with Crippen molar-refractivity contribution < 1.29 is 32.3 Å². The van der Waals surface area contributed by atoms with Gasteiger partial charge in [-0.2, -0.15) is 0 Å². The predicted octanol–water partition coefficient (Wildman–Crippen LogP) is 4.38. The summed E-state index contributed by atoms with van der Waals surface area (Å²) in [5, 5.41) is 9.94. The lowest BCUT2D eigenvalue weighted by Gasteiger charge is -2.38. The van der Waals surface area contributed by atoms with Gasteiger partial charge in [0, 0.05) is 13.7 Å². The minimum atomic E-state index is -2.13. The third-order valence-corrected chi connectivity index (χ3v) is 16.1. The summed E-state index contributed by atoms with van der Waals surface area (Å²) in [6, 6.07) is 2.22. The molecule has 0 saturated heterocycles. The first-order valence-electron chi connectivity index (χ1n) is 11.7. The standard InChI is InChI=1S/C21H50O7Si3/c1-9-10-17-29(3,4)27-31(7,8)28-30(5,6)18-11-12-25-19-21(22)20-26-16-15-24-14-13-23-2/h21-22H,9-20H2,1-8H3. The molecule has 188 valence electrons. The van der Waals surface area contributed by atoms with Crippen LogP contribution in [-0.4, -0.2) is 89.8 Å². The van der Waals surface area contributed by atoms with Crippen LogP contribution in [0.5, 0.6) is 0 Å². The first-order chi connectivity index (χ1) is 14.4. The molecule has 0 rings (SSSR count). The van der Waals surface area contributed by atoms with Crippen LogP contribution in [0.15, 0.2) is 0 Å². The molecule has 0 bridgehead atoms. The minimum absolute atomic E-state index is 0.256. The molecule has 0 aliphatic carbocycles. The fourth-order valence-electron chi connectivity index (χ4n) is 3.51. The van der Waals surface area contributed by atoms with E-state index in [1.54, 1.807) is 7.11 Å². The summed E-state index contributed by atoms with van der Waals surface area (Å²) in [7, 11) is -3.97. The van der Waals surface area contributed by atoms with Crippen molar-refractivity contribution in [2.45, 2.75) is 83.7 Å². The molecule has 0 saturated carbocycles. The van der Waals surface area contributed by atoms with Gasteiger partial charge in [-0.25, -0.2) is 0 Å². The van der Waals surface area contributed by atoms with Crippen LogP contribution >= 0.6 is 0 Å². The maximum atomic E-state index is 9.94. The molecule has 1 unspecified atom stereocenters. The summed E-state index contributed by atoms with van der Waals surface area (Å²) in [6.07, 6.45) is 2.77. The number of rotatable bonds is 21. The van der Waals surface area contributed by atoms with E-state index in [0.717, 1.165) is 12.5 Å². The van der Waals surface area contributed by atoms with Gasteiger partial charge in [-0.1, -0.05) is 19.8 Å². The molecule has 0 fully saturated rings. The van der Waals surface area contributed by atoms with Crippen molar-refractivity contribution in [1.82, 2.24) is 0 Å². The number of aliphatic hydroxyl groups is 1. The SMILES string of the molecule is CCCC[Si](C)(C)O[Si](C)(C)O[Si](C)(C)CCCOCC(O)COCCOCCOC. The average molecular weight is 499 g/mol. The molecule has 0 amide bonds. The summed E-state index contributed by atoms with van der Waals surface area (Å²) in [4.78, 5) is 0. The molecule has 0 spiro atoms. The van der Waals surface area contributed by atoms with Crippen LogP contribution in [0.25, 0.3) is 0 Å². The van der Waals surface area contributed by atoms with E-state index in [-0.39, 0.29) is 13.2 Å². The highest BCUT2D eigenvalue weighted by Gasteiger charge is 2.39. The Bertz CT molecular complexity index is 437. The molecular weight excluding hydrogens is 448 g/mol. The zero-order chi connectivity index (χ0) is 23.8. The summed E-state index contributed by atoms with van der Waals surface area (Å²) >= 11 is 0. The van der Waals surface area contributed by atoms with E-state index >= 15 is 0 Å². The fourth-order valence-corrected chi connectivity index (χ4v) is 17.7. The lowest BCUT2D eigenvalue weighted by molar-refractivity contribution is -0.0350. The number of hydrogen-bond donors (Lipinski definition) is 1. The molecule has 1 atom stereocenters. The van der Waals surface area contributed by atoms with Crippen LogP contribution in [0, 0.1) is 0 Å². The van der Waals surface area contributed by atoms with Crippen LogP contribution in [0.4, 0.5) is 0 Å². The van der Waals surface area contributed by atoms with Crippen molar-refractivity contribution in [3.8, 4) is 0 Å². The molecule has 7 nitrogen and oxygen atoms in total. The van der Waals surface area contributed by atoms with Gasteiger partial charge in [0.2, 0.25) is 0 Å². The number of methoxy groups -OCH3 is 1. The molecule has 31 heavy (non-hydrogen) atoms. The van der Waals surface area contributed by atoms with Crippen LogP contribution in [0.2, 0.25) is 51.4 Å². The smallest absolute Gasteiger partial charge is 0.311 e. The Morgan fingerprint density at radius 1 is 0.677 bits per heavy atom. The maximum absolute atomic E-state index is 9.94. The normalized spacial score (nSPS) is 14.2. The summed E-state index contributed by atoms with van der Waals surface area (Å²) in [6.45, 7) is 19.0. The van der Waals surface area contributed by atoms with Gasteiger partial charge in [-0.05, 0) is 57.8 Å². The van der Waals surface area contributed by atoms with E-state index in [0.29, 0.717) is 33.0 Å². The Morgan fingerprint density at radius 3 is 1.71 bits per heavy atom. The summed E-state index contributed by atoms with van der Waals surface area (Å²) in [5.41, 5.74) is 0. The number of aliphatic hydroxyl groups excluding tert-OH is 1. The Kier molecular flexibility index (Phi) is 17.1. The Hall–Kier alpha value is 0.371. The van der Waals surface area contributed by atoms with Gasteiger partial charge in [-0.3, -0.25) is 0 Å². The second-order valence-electron chi connectivity index (χ2n) is 9.74. The van der Waals surface area contributed by atoms with Gasteiger partial charge in [0.15, 0.2) is 16.6 Å². The van der Waals surface area contributed by atoms with E-state index in [1.165, 1.54) is 18.9 Å². The van der Waals surface area contributed by atoms with Gasteiger partial charge >= 0.3 is 8.56 Å². The molecular formula is C21H50O7Si3. The third-order valence-electron chi connectivity index (χ3n) is 4.67. The average Bonchev–Trinajstić information content (AvgIpc) is 2.63. The van der Waals surface area contributed by atoms with E-state index in [9.17, 15) is 5.11 Å². The molecule has 0 aliphatic rings. The van der Waals surface area contributed by atoms with Crippen molar-refractivity contribution in [3.63, 3.8) is 0 Å². The highest BCUT2D eigenvalue weighted by atomic mass is 28.5. The molecule has 0 aromatic heterocycles. The van der Waals surface area contributed by atoms with Gasteiger partial charge in [-0.15, -0.1) is 0 Å². The molecule has 0 aromatic carbocycles. The van der Waals surface area contributed by atoms with Gasteiger partial charge in [0.1, 0.15) is 6.10 Å². The Balaban J connectivity index is 3.96. The van der Waals surface area contributed by atoms with E-state index < -0.39 is 31.3 Å². The topological polar surface area (TPSA) is 75.6 Å². The molecule has 0 aliphatic heterocycles. The first-order valence-corrected chi connectivity index (χ1v) is 20.8. The number of ether oxygens (including phenoxy) is 4. The zero-order valence-corrected chi connectivity index (χ0v) is 24.5. The Labute approximate surface area is 194 Å². The minimum Gasteiger partial charge on any atom is -0.437 e. The van der Waals surface area contributed by atoms with Crippen molar-refractivity contribution in [3.05, 3.63) is 0 Å². The van der Waals surface area contributed by atoms with E-state index in [4.69, 9.17) is 27.2 Å². The molecule has 1 N–H and O–H groups in total. The summed E-state index contributed by atoms with van der Waals surface area (Å²) < 4.78 is 34.4. The largest absolute Gasteiger partial charge is 0.437 e. The third kappa shape index (κ3) is 19.5. The van der Waals surface area contributed by atoms with Crippen LogP contribution < -0.4 is 0 Å². The second kappa shape index (κ2) is 16.9. The molecule has 0 heterocycles. The van der Waals surface area contributed by atoms with E-state index in [1.807, 2.05) is 0 Å². The highest BCUT2D eigenvalue weighted by molar-refractivity contribution is 6.87. The second-order valence-corrected chi connectivity index (χ2v) is 22.2. The van der Waals surface area contributed by atoms with Crippen molar-refractivity contribution >= 4 is 25.2 Å². The lowest BCUT2D eigenvalue weighted by atomic mass is 10.4. The predicted molar refractivity (Wildman–Crippen MR) is 134 cm³/mol. The van der Waals surface area contributed by atoms with Crippen LogP contribution in [0.3, 0.4) is 0 Å². The molecule has 0 aromatic rings. The quantitative estimate of drug-likeness (QED) is 0.186. The Morgan fingerprint density at radius 2 is 1.16 bits per heavy atom. The lowest BCUT2D eigenvalue weighted by Crippen LogP contribution is -2.52. The monoisotopic (exact) mass is 498 g/mol. The van der Waals surface area contributed by atoms with Gasteiger partial charge in [0.25, 0.3) is 0 Å². The first kappa shape index (κ1) is 31.4. The van der Waals surface area contributed by atoms with Crippen LogP contribution in [0.1, 0.15) is 26.2 Å². The van der Waals surface area contributed by atoms with E-state index in [2.05, 4.69) is 46.2 Å². The fraction of sp³-hybridized carbons (Fsp3) is 1.00. The number of hydrogen-bond acceptors (Lipinski definition) is 7. The van der Waals surface area contributed by atoms with Gasteiger partial charge in [0.05, 0.1) is 39.6 Å².